The first-order valence-electron chi connectivity index (χ1n) is 9.12. The number of rotatable bonds is 2. The summed E-state index contributed by atoms with van der Waals surface area (Å²) in [6.07, 6.45) is 4.24. The fourth-order valence-electron chi connectivity index (χ4n) is 3.47. The Balaban J connectivity index is 1.58. The van der Waals surface area contributed by atoms with Crippen molar-refractivity contribution in [3.63, 3.8) is 0 Å². The van der Waals surface area contributed by atoms with Gasteiger partial charge in [0.05, 0.1) is 0 Å². The second kappa shape index (κ2) is 6.99. The highest BCUT2D eigenvalue weighted by atomic mass is 16.6. The van der Waals surface area contributed by atoms with Gasteiger partial charge in [0.15, 0.2) is 0 Å². The second-order valence-electron chi connectivity index (χ2n) is 7.86. The van der Waals surface area contributed by atoms with Crippen LogP contribution in [-0.4, -0.2) is 47.8 Å². The van der Waals surface area contributed by atoms with Crippen molar-refractivity contribution in [2.45, 2.75) is 58.0 Å². The van der Waals surface area contributed by atoms with Gasteiger partial charge in [0.1, 0.15) is 11.4 Å². The zero-order valence-corrected chi connectivity index (χ0v) is 15.1. The molecule has 0 spiro atoms. The molecule has 24 heavy (non-hydrogen) atoms. The number of hydrogen-bond acceptors (Lipinski definition) is 4. The monoisotopic (exact) mass is 331 g/mol. The van der Waals surface area contributed by atoms with Crippen molar-refractivity contribution in [2.24, 2.45) is 0 Å². The predicted octanol–water partition coefficient (Wildman–Crippen LogP) is 3.80. The summed E-state index contributed by atoms with van der Waals surface area (Å²) >= 11 is 0. The van der Waals surface area contributed by atoms with Crippen LogP contribution < -0.4 is 4.90 Å². The first-order chi connectivity index (χ1) is 11.4. The number of ether oxygens (including phenoxy) is 1. The first kappa shape index (κ1) is 17.1. The number of nitrogens with zero attached hydrogens (tertiary/aromatic N) is 3. The van der Waals surface area contributed by atoms with E-state index in [1.807, 2.05) is 25.7 Å². The summed E-state index contributed by atoms with van der Waals surface area (Å²) in [6, 6.07) is 6.37. The van der Waals surface area contributed by atoms with Crippen molar-refractivity contribution in [1.29, 1.82) is 0 Å². The average Bonchev–Trinajstić information content (AvgIpc) is 3.08. The van der Waals surface area contributed by atoms with Gasteiger partial charge < -0.3 is 14.5 Å². The molecule has 132 valence electrons. The lowest BCUT2D eigenvalue weighted by molar-refractivity contribution is 0.0204. The average molecular weight is 331 g/mol. The van der Waals surface area contributed by atoms with Crippen molar-refractivity contribution in [2.75, 3.05) is 31.1 Å². The van der Waals surface area contributed by atoms with E-state index in [0.717, 1.165) is 44.8 Å². The van der Waals surface area contributed by atoms with Gasteiger partial charge in [-0.05, 0) is 58.6 Å². The lowest BCUT2D eigenvalue weighted by atomic mass is 9.93. The van der Waals surface area contributed by atoms with Gasteiger partial charge in [0.25, 0.3) is 0 Å². The molecule has 3 rings (SSSR count). The van der Waals surface area contributed by atoms with Crippen LogP contribution in [0.15, 0.2) is 18.2 Å². The van der Waals surface area contributed by atoms with Gasteiger partial charge >= 0.3 is 6.09 Å². The number of likely N-dealkylation sites (tertiary alicyclic amines) is 1. The van der Waals surface area contributed by atoms with Crippen molar-refractivity contribution in [3.8, 4) is 0 Å². The van der Waals surface area contributed by atoms with Gasteiger partial charge in [-0.15, -0.1) is 0 Å². The Morgan fingerprint density at radius 2 is 1.79 bits per heavy atom. The summed E-state index contributed by atoms with van der Waals surface area (Å²) < 4.78 is 5.47. The van der Waals surface area contributed by atoms with Crippen molar-refractivity contribution in [3.05, 3.63) is 23.9 Å². The molecule has 0 atom stereocenters. The summed E-state index contributed by atoms with van der Waals surface area (Å²) in [5.41, 5.74) is 0.739. The summed E-state index contributed by atoms with van der Waals surface area (Å²) in [5, 5.41) is 0. The minimum atomic E-state index is -0.431. The molecule has 1 amide bonds. The molecule has 2 fully saturated rings. The van der Waals surface area contributed by atoms with Crippen LogP contribution in [0.2, 0.25) is 0 Å². The summed E-state index contributed by atoms with van der Waals surface area (Å²) in [4.78, 5) is 21.3. The molecule has 0 bridgehead atoms. The van der Waals surface area contributed by atoms with Gasteiger partial charge in [-0.1, -0.05) is 6.07 Å². The van der Waals surface area contributed by atoms with Crippen molar-refractivity contribution in [1.82, 2.24) is 9.88 Å². The molecule has 0 aliphatic carbocycles. The molecular weight excluding hydrogens is 302 g/mol. The molecule has 0 N–H and O–H groups in total. The Kier molecular flexibility index (Phi) is 4.97. The molecule has 0 saturated carbocycles. The normalized spacial score (nSPS) is 19.6. The van der Waals surface area contributed by atoms with Crippen LogP contribution in [0.25, 0.3) is 0 Å². The third-order valence-corrected chi connectivity index (χ3v) is 4.75. The van der Waals surface area contributed by atoms with Crippen LogP contribution in [0.1, 0.15) is 58.1 Å². The minimum absolute atomic E-state index is 0.195. The van der Waals surface area contributed by atoms with E-state index in [4.69, 9.17) is 9.72 Å². The number of carbonyl (C=O) groups is 1. The number of amides is 1. The highest BCUT2D eigenvalue weighted by molar-refractivity contribution is 5.68. The summed E-state index contributed by atoms with van der Waals surface area (Å²) in [6.45, 7) is 9.45. The molecule has 1 aromatic heterocycles. The minimum Gasteiger partial charge on any atom is -0.444 e. The maximum absolute atomic E-state index is 12.2. The van der Waals surface area contributed by atoms with Crippen molar-refractivity contribution >= 4 is 11.9 Å². The number of anilines is 1. The van der Waals surface area contributed by atoms with Crippen LogP contribution in [0, 0.1) is 0 Å². The van der Waals surface area contributed by atoms with Gasteiger partial charge in [0.2, 0.25) is 0 Å². The second-order valence-corrected chi connectivity index (χ2v) is 7.86. The van der Waals surface area contributed by atoms with E-state index < -0.39 is 5.60 Å². The Hall–Kier alpha value is -1.78. The Bertz CT molecular complexity index is 568. The van der Waals surface area contributed by atoms with Crippen LogP contribution in [0.3, 0.4) is 0 Å². The molecule has 0 radical (unpaired) electrons. The zero-order chi connectivity index (χ0) is 17.2. The van der Waals surface area contributed by atoms with Gasteiger partial charge in [0, 0.05) is 37.8 Å². The lowest BCUT2D eigenvalue weighted by Crippen LogP contribution is -2.41. The smallest absolute Gasteiger partial charge is 0.410 e. The van der Waals surface area contributed by atoms with Crippen LogP contribution in [0.5, 0.6) is 0 Å². The molecule has 0 aromatic carbocycles. The molecule has 5 heteroatoms. The predicted molar refractivity (Wildman–Crippen MR) is 95.5 cm³/mol. The maximum Gasteiger partial charge on any atom is 0.410 e. The quantitative estimate of drug-likeness (QED) is 0.827. The van der Waals surface area contributed by atoms with E-state index in [2.05, 4.69) is 23.1 Å². The fourth-order valence-corrected chi connectivity index (χ4v) is 3.47. The van der Waals surface area contributed by atoms with E-state index in [0.29, 0.717) is 5.92 Å². The topological polar surface area (TPSA) is 45.7 Å². The molecule has 2 aliphatic heterocycles. The molecule has 2 saturated heterocycles. The largest absolute Gasteiger partial charge is 0.444 e. The lowest BCUT2D eigenvalue weighted by Gasteiger charge is -2.33. The SMILES string of the molecule is CC(C)(C)OC(=O)N1CCC(c2cccc(N3CCCC3)n2)CC1. The molecule has 2 aliphatic rings. The van der Waals surface area contributed by atoms with E-state index in [1.165, 1.54) is 18.5 Å². The number of hydrogen-bond donors (Lipinski definition) is 0. The summed E-state index contributed by atoms with van der Waals surface area (Å²) in [5.74, 6) is 1.55. The third-order valence-electron chi connectivity index (χ3n) is 4.75. The van der Waals surface area contributed by atoms with Crippen LogP contribution >= 0.6 is 0 Å². The third kappa shape index (κ3) is 4.19. The van der Waals surface area contributed by atoms with E-state index >= 15 is 0 Å². The molecular formula is C19H29N3O2. The van der Waals surface area contributed by atoms with Gasteiger partial charge in [-0.2, -0.15) is 0 Å². The zero-order valence-electron chi connectivity index (χ0n) is 15.1. The standard InChI is InChI=1S/C19H29N3O2/c1-19(2,3)24-18(23)22-13-9-15(10-14-22)16-7-6-8-17(20-16)21-11-4-5-12-21/h6-8,15H,4-5,9-14H2,1-3H3. The highest BCUT2D eigenvalue weighted by Gasteiger charge is 2.28. The Morgan fingerprint density at radius 3 is 2.42 bits per heavy atom. The first-order valence-corrected chi connectivity index (χ1v) is 9.12. The fraction of sp³-hybridized carbons (Fsp3) is 0.684. The van der Waals surface area contributed by atoms with Crippen LogP contribution in [-0.2, 0) is 4.74 Å². The number of pyridine rings is 1. The Labute approximate surface area is 145 Å². The number of carbonyl (C=O) groups excluding carboxylic acids is 1. The van der Waals surface area contributed by atoms with E-state index in [-0.39, 0.29) is 6.09 Å². The highest BCUT2D eigenvalue weighted by Crippen LogP contribution is 2.29. The van der Waals surface area contributed by atoms with E-state index in [1.54, 1.807) is 0 Å². The molecule has 5 nitrogen and oxygen atoms in total. The van der Waals surface area contributed by atoms with E-state index in [9.17, 15) is 4.79 Å². The number of aromatic nitrogens is 1. The Morgan fingerprint density at radius 1 is 1.12 bits per heavy atom. The molecule has 3 heterocycles. The van der Waals surface area contributed by atoms with Gasteiger partial charge in [-0.3, -0.25) is 0 Å². The number of piperidine rings is 1. The molecule has 1 aromatic rings. The van der Waals surface area contributed by atoms with Crippen LogP contribution in [0.4, 0.5) is 10.6 Å². The van der Waals surface area contributed by atoms with Gasteiger partial charge in [-0.25, -0.2) is 9.78 Å². The van der Waals surface area contributed by atoms with Crippen molar-refractivity contribution < 1.29 is 9.53 Å². The molecule has 0 unspecified atom stereocenters. The maximum atomic E-state index is 12.2. The summed E-state index contributed by atoms with van der Waals surface area (Å²) in [7, 11) is 0.